The number of rotatable bonds is 7. The van der Waals surface area contributed by atoms with Crippen LogP contribution in [0.3, 0.4) is 0 Å². The third kappa shape index (κ3) is 4.92. The van der Waals surface area contributed by atoms with Crippen molar-refractivity contribution in [3.63, 3.8) is 0 Å². The summed E-state index contributed by atoms with van der Waals surface area (Å²) in [4.78, 5) is 18.6. The number of amides is 1. The first-order valence-electron chi connectivity index (χ1n) is 8.17. The smallest absolute Gasteiger partial charge is 0.254 e. The molecule has 0 radical (unpaired) electrons. The van der Waals surface area contributed by atoms with Crippen LogP contribution in [0, 0.1) is 0 Å². The molecular formula is C16H25N3O3S. The van der Waals surface area contributed by atoms with Crippen LogP contribution in [0.2, 0.25) is 0 Å². The van der Waals surface area contributed by atoms with E-state index in [2.05, 4.69) is 24.1 Å². The standard InChI is InChI=1S/C16H25N3O3S/c1-3-8-19(9-4-2)16(20)13-5-7-17-15(11-13)18-14-6-10-23(21,22)12-14/h5,7,11,14H,3-4,6,8-10,12H2,1-2H3,(H,17,18). The van der Waals surface area contributed by atoms with Crippen LogP contribution in [0.1, 0.15) is 43.5 Å². The van der Waals surface area contributed by atoms with E-state index in [0.717, 1.165) is 25.9 Å². The van der Waals surface area contributed by atoms with Crippen LogP contribution in [0.4, 0.5) is 5.82 Å². The highest BCUT2D eigenvalue weighted by Gasteiger charge is 2.28. The SMILES string of the molecule is CCCN(CCC)C(=O)c1ccnc(NC2CCS(=O)(=O)C2)c1. The second kappa shape index (κ2) is 7.77. The van der Waals surface area contributed by atoms with Gasteiger partial charge in [0.05, 0.1) is 11.5 Å². The molecule has 0 aliphatic carbocycles. The topological polar surface area (TPSA) is 79.4 Å². The summed E-state index contributed by atoms with van der Waals surface area (Å²) in [5.41, 5.74) is 0.588. The third-order valence-corrected chi connectivity index (χ3v) is 5.63. The van der Waals surface area contributed by atoms with E-state index in [1.54, 1.807) is 18.3 Å². The highest BCUT2D eigenvalue weighted by molar-refractivity contribution is 7.91. The van der Waals surface area contributed by atoms with Gasteiger partial charge in [0.15, 0.2) is 9.84 Å². The molecule has 1 aromatic heterocycles. The van der Waals surface area contributed by atoms with E-state index in [4.69, 9.17) is 0 Å². The zero-order valence-electron chi connectivity index (χ0n) is 13.8. The molecule has 2 heterocycles. The van der Waals surface area contributed by atoms with Gasteiger partial charge in [0.1, 0.15) is 5.82 Å². The summed E-state index contributed by atoms with van der Waals surface area (Å²) in [6.07, 6.45) is 4.01. The van der Waals surface area contributed by atoms with E-state index in [1.165, 1.54) is 0 Å². The zero-order valence-corrected chi connectivity index (χ0v) is 14.6. The fourth-order valence-corrected chi connectivity index (χ4v) is 4.47. The highest BCUT2D eigenvalue weighted by Crippen LogP contribution is 2.17. The summed E-state index contributed by atoms with van der Waals surface area (Å²) in [5.74, 6) is 0.901. The van der Waals surface area contributed by atoms with Gasteiger partial charge >= 0.3 is 0 Å². The van der Waals surface area contributed by atoms with Crippen LogP contribution in [0.15, 0.2) is 18.3 Å². The molecule has 0 saturated carbocycles. The Balaban J connectivity index is 2.08. The van der Waals surface area contributed by atoms with E-state index < -0.39 is 9.84 Å². The fraction of sp³-hybridized carbons (Fsp3) is 0.625. The molecular weight excluding hydrogens is 314 g/mol. The Labute approximate surface area is 138 Å². The predicted molar refractivity (Wildman–Crippen MR) is 91.4 cm³/mol. The summed E-state index contributed by atoms with van der Waals surface area (Å²) >= 11 is 0. The van der Waals surface area contributed by atoms with E-state index in [9.17, 15) is 13.2 Å². The van der Waals surface area contributed by atoms with Crippen LogP contribution in [-0.2, 0) is 9.84 Å². The number of sulfone groups is 1. The normalized spacial score (nSPS) is 19.5. The molecule has 1 aliphatic rings. The van der Waals surface area contributed by atoms with Crippen LogP contribution in [-0.4, -0.2) is 54.8 Å². The summed E-state index contributed by atoms with van der Waals surface area (Å²) in [6, 6.07) is 3.29. The van der Waals surface area contributed by atoms with Gasteiger partial charge in [-0.15, -0.1) is 0 Å². The zero-order chi connectivity index (χ0) is 16.9. The highest BCUT2D eigenvalue weighted by atomic mass is 32.2. The van der Waals surface area contributed by atoms with Gasteiger partial charge in [-0.1, -0.05) is 13.8 Å². The van der Waals surface area contributed by atoms with Gasteiger partial charge in [-0.25, -0.2) is 13.4 Å². The first-order valence-corrected chi connectivity index (χ1v) is 9.99. The molecule has 128 valence electrons. The first-order chi connectivity index (χ1) is 10.9. The van der Waals surface area contributed by atoms with Gasteiger partial charge in [-0.05, 0) is 31.4 Å². The molecule has 1 aliphatic heterocycles. The molecule has 0 bridgehead atoms. The Bertz CT molecular complexity index is 640. The Morgan fingerprint density at radius 3 is 2.61 bits per heavy atom. The van der Waals surface area contributed by atoms with E-state index in [1.807, 2.05) is 4.90 Å². The fourth-order valence-electron chi connectivity index (χ4n) is 2.80. The third-order valence-electron chi connectivity index (χ3n) is 3.87. The molecule has 1 saturated heterocycles. The lowest BCUT2D eigenvalue weighted by atomic mass is 10.2. The Kier molecular flexibility index (Phi) is 5.98. The van der Waals surface area contributed by atoms with Gasteiger partial charge in [0.25, 0.3) is 5.91 Å². The number of nitrogens with one attached hydrogen (secondary N) is 1. The predicted octanol–water partition coefficient (Wildman–Crippen LogP) is 1.94. The van der Waals surface area contributed by atoms with Gasteiger partial charge in [-0.3, -0.25) is 4.79 Å². The molecule has 1 N–H and O–H groups in total. The van der Waals surface area contributed by atoms with Crippen molar-refractivity contribution in [1.82, 2.24) is 9.88 Å². The van der Waals surface area contributed by atoms with Crippen LogP contribution < -0.4 is 5.32 Å². The molecule has 23 heavy (non-hydrogen) atoms. The maximum Gasteiger partial charge on any atom is 0.254 e. The largest absolute Gasteiger partial charge is 0.366 e. The Morgan fingerprint density at radius 1 is 1.35 bits per heavy atom. The molecule has 6 nitrogen and oxygen atoms in total. The van der Waals surface area contributed by atoms with Crippen molar-refractivity contribution in [2.75, 3.05) is 29.9 Å². The second-order valence-electron chi connectivity index (χ2n) is 5.97. The minimum Gasteiger partial charge on any atom is -0.366 e. The number of hydrogen-bond donors (Lipinski definition) is 1. The van der Waals surface area contributed by atoms with Crippen molar-refractivity contribution >= 4 is 21.6 Å². The number of carbonyl (C=O) groups is 1. The van der Waals surface area contributed by atoms with Gasteiger partial charge in [-0.2, -0.15) is 0 Å². The second-order valence-corrected chi connectivity index (χ2v) is 8.19. The molecule has 1 unspecified atom stereocenters. The number of hydrogen-bond acceptors (Lipinski definition) is 5. The maximum absolute atomic E-state index is 12.6. The lowest BCUT2D eigenvalue weighted by Gasteiger charge is -2.22. The maximum atomic E-state index is 12.6. The molecule has 1 fully saturated rings. The van der Waals surface area contributed by atoms with Crippen molar-refractivity contribution in [1.29, 1.82) is 0 Å². The lowest BCUT2D eigenvalue weighted by Crippen LogP contribution is -2.32. The molecule has 1 atom stereocenters. The number of nitrogens with zero attached hydrogens (tertiary/aromatic N) is 2. The lowest BCUT2D eigenvalue weighted by molar-refractivity contribution is 0.0755. The first kappa shape index (κ1) is 17.7. The minimum absolute atomic E-state index is 0.00167. The Morgan fingerprint density at radius 2 is 2.04 bits per heavy atom. The molecule has 7 heteroatoms. The Hall–Kier alpha value is -1.63. The molecule has 1 amide bonds. The van der Waals surface area contributed by atoms with Crippen molar-refractivity contribution in [2.24, 2.45) is 0 Å². The monoisotopic (exact) mass is 339 g/mol. The van der Waals surface area contributed by atoms with Crippen LogP contribution in [0.25, 0.3) is 0 Å². The quantitative estimate of drug-likeness (QED) is 0.821. The number of carbonyl (C=O) groups excluding carboxylic acids is 1. The molecule has 2 rings (SSSR count). The average Bonchev–Trinajstić information content (AvgIpc) is 2.85. The van der Waals surface area contributed by atoms with E-state index in [0.29, 0.717) is 17.8 Å². The van der Waals surface area contributed by atoms with Crippen molar-refractivity contribution in [3.05, 3.63) is 23.9 Å². The van der Waals surface area contributed by atoms with Gasteiger partial charge in [0.2, 0.25) is 0 Å². The summed E-state index contributed by atoms with van der Waals surface area (Å²) in [6.45, 7) is 5.57. The summed E-state index contributed by atoms with van der Waals surface area (Å²) < 4.78 is 23.0. The van der Waals surface area contributed by atoms with Crippen LogP contribution in [0.5, 0.6) is 0 Å². The number of anilines is 1. The van der Waals surface area contributed by atoms with Crippen molar-refractivity contribution in [3.8, 4) is 0 Å². The number of aromatic nitrogens is 1. The molecule has 0 spiro atoms. The average molecular weight is 339 g/mol. The minimum atomic E-state index is -2.94. The van der Waals surface area contributed by atoms with E-state index >= 15 is 0 Å². The van der Waals surface area contributed by atoms with E-state index in [-0.39, 0.29) is 23.5 Å². The van der Waals surface area contributed by atoms with Crippen molar-refractivity contribution in [2.45, 2.75) is 39.2 Å². The van der Waals surface area contributed by atoms with Gasteiger partial charge < -0.3 is 10.2 Å². The molecule has 1 aromatic rings. The van der Waals surface area contributed by atoms with Gasteiger partial charge in [0, 0.05) is 30.9 Å². The van der Waals surface area contributed by atoms with Crippen molar-refractivity contribution < 1.29 is 13.2 Å². The summed E-state index contributed by atoms with van der Waals surface area (Å²) in [7, 11) is -2.94. The number of pyridine rings is 1. The molecule has 0 aromatic carbocycles. The van der Waals surface area contributed by atoms with Crippen LogP contribution >= 0.6 is 0 Å². The summed E-state index contributed by atoms with van der Waals surface area (Å²) in [5, 5.41) is 3.13.